The highest BCUT2D eigenvalue weighted by atomic mass is 35.5. The SMILES string of the molecule is CN1C(=O)N(C)[C@H](c2ccccc2Cl)C2=C1CC(C)(C)CC2=O. The van der Waals surface area contributed by atoms with Gasteiger partial charge in [0.05, 0.1) is 6.04 Å². The molecule has 0 radical (unpaired) electrons. The number of hydrogen-bond donors (Lipinski definition) is 0. The Morgan fingerprint density at radius 2 is 1.78 bits per heavy atom. The number of allylic oxidation sites excluding steroid dienone is 1. The number of urea groups is 1. The van der Waals surface area contributed by atoms with E-state index in [1.165, 1.54) is 0 Å². The van der Waals surface area contributed by atoms with Gasteiger partial charge in [0.15, 0.2) is 5.78 Å². The second-order valence-electron chi connectivity index (χ2n) is 7.18. The second-order valence-corrected chi connectivity index (χ2v) is 7.59. The molecule has 2 aliphatic rings. The number of likely N-dealkylation sites (N-methyl/N-ethyl adjacent to an activating group) is 1. The van der Waals surface area contributed by atoms with Crippen LogP contribution in [0.3, 0.4) is 0 Å². The summed E-state index contributed by atoms with van der Waals surface area (Å²) in [6.45, 7) is 4.13. The summed E-state index contributed by atoms with van der Waals surface area (Å²) >= 11 is 6.36. The number of rotatable bonds is 1. The van der Waals surface area contributed by atoms with E-state index in [1.54, 1.807) is 30.0 Å². The minimum absolute atomic E-state index is 0.104. The number of Topliss-reactive ketones (excluding diaryl/α,β-unsaturated/α-hetero) is 1. The largest absolute Gasteiger partial charge is 0.324 e. The van der Waals surface area contributed by atoms with Crippen LogP contribution in [-0.2, 0) is 4.79 Å². The molecule has 1 heterocycles. The van der Waals surface area contributed by atoms with Crippen molar-refractivity contribution in [2.75, 3.05) is 14.1 Å². The molecule has 2 amide bonds. The van der Waals surface area contributed by atoms with Crippen molar-refractivity contribution in [3.63, 3.8) is 0 Å². The third kappa shape index (κ3) is 2.55. The van der Waals surface area contributed by atoms with Gasteiger partial charge in [-0.05, 0) is 23.5 Å². The number of ketones is 1. The maximum absolute atomic E-state index is 12.9. The molecule has 1 aliphatic heterocycles. The van der Waals surface area contributed by atoms with Gasteiger partial charge >= 0.3 is 6.03 Å². The average Bonchev–Trinajstić information content (AvgIpc) is 2.47. The van der Waals surface area contributed by atoms with Crippen LogP contribution in [0, 0.1) is 5.41 Å². The summed E-state index contributed by atoms with van der Waals surface area (Å²) in [7, 11) is 3.47. The van der Waals surface area contributed by atoms with E-state index >= 15 is 0 Å². The summed E-state index contributed by atoms with van der Waals surface area (Å²) in [6, 6.07) is 6.90. The highest BCUT2D eigenvalue weighted by Gasteiger charge is 2.45. The Hall–Kier alpha value is -1.81. The lowest BCUT2D eigenvalue weighted by molar-refractivity contribution is -0.119. The first kappa shape index (κ1) is 16.1. The molecule has 0 N–H and O–H groups in total. The molecule has 5 heteroatoms. The Balaban J connectivity index is 2.22. The molecule has 3 rings (SSSR count). The molecule has 0 aromatic heterocycles. The summed E-state index contributed by atoms with van der Waals surface area (Å²) in [6.07, 6.45) is 1.20. The standard InChI is InChI=1S/C18H21ClN2O2/c1-18(2)9-13-15(14(22)10-18)16(21(4)17(23)20(13)3)11-7-5-6-8-12(11)19/h5-8,16H,9-10H2,1-4H3/t16-/m1/s1. The van der Waals surface area contributed by atoms with Crippen molar-refractivity contribution in [2.45, 2.75) is 32.7 Å². The van der Waals surface area contributed by atoms with Gasteiger partial charge in [0.2, 0.25) is 0 Å². The number of carbonyl (C=O) groups is 2. The number of halogens is 1. The van der Waals surface area contributed by atoms with Crippen LogP contribution in [0.4, 0.5) is 4.79 Å². The third-order valence-corrected chi connectivity index (χ3v) is 5.09. The first-order chi connectivity index (χ1) is 10.7. The Bertz CT molecular complexity index is 723. The first-order valence-electron chi connectivity index (χ1n) is 7.74. The van der Waals surface area contributed by atoms with Crippen LogP contribution in [0.25, 0.3) is 0 Å². The zero-order valence-electron chi connectivity index (χ0n) is 13.9. The van der Waals surface area contributed by atoms with E-state index in [4.69, 9.17) is 11.6 Å². The fraction of sp³-hybridized carbons (Fsp3) is 0.444. The maximum atomic E-state index is 12.9. The van der Waals surface area contributed by atoms with E-state index in [9.17, 15) is 9.59 Å². The van der Waals surface area contributed by atoms with E-state index in [-0.39, 0.29) is 17.2 Å². The molecule has 4 nitrogen and oxygen atoms in total. The smallest absolute Gasteiger partial charge is 0.316 e. The molecular formula is C18H21ClN2O2. The molecular weight excluding hydrogens is 312 g/mol. The number of nitrogens with zero attached hydrogens (tertiary/aromatic N) is 2. The summed E-state index contributed by atoms with van der Waals surface area (Å²) in [5.41, 5.74) is 2.21. The summed E-state index contributed by atoms with van der Waals surface area (Å²) in [5.74, 6) is 0.104. The topological polar surface area (TPSA) is 40.6 Å². The van der Waals surface area contributed by atoms with E-state index in [0.29, 0.717) is 23.4 Å². The van der Waals surface area contributed by atoms with Crippen LogP contribution in [0.1, 0.15) is 38.3 Å². The van der Waals surface area contributed by atoms with Gasteiger partial charge in [0.25, 0.3) is 0 Å². The Labute approximate surface area is 141 Å². The van der Waals surface area contributed by atoms with Gasteiger partial charge in [0, 0.05) is 36.8 Å². The quantitative estimate of drug-likeness (QED) is 0.779. The van der Waals surface area contributed by atoms with Crippen molar-refractivity contribution in [3.8, 4) is 0 Å². The van der Waals surface area contributed by atoms with Crippen LogP contribution in [0.2, 0.25) is 5.02 Å². The molecule has 0 saturated heterocycles. The zero-order chi connectivity index (χ0) is 16.9. The van der Waals surface area contributed by atoms with Crippen molar-refractivity contribution < 1.29 is 9.59 Å². The molecule has 122 valence electrons. The van der Waals surface area contributed by atoms with Crippen molar-refractivity contribution in [2.24, 2.45) is 5.41 Å². The van der Waals surface area contributed by atoms with Gasteiger partial charge in [-0.15, -0.1) is 0 Å². The van der Waals surface area contributed by atoms with Gasteiger partial charge in [-0.2, -0.15) is 0 Å². The molecule has 1 atom stereocenters. The predicted octanol–water partition coefficient (Wildman–Crippen LogP) is 4.02. The maximum Gasteiger partial charge on any atom is 0.324 e. The fourth-order valence-corrected chi connectivity index (χ4v) is 3.87. The molecule has 0 fully saturated rings. The van der Waals surface area contributed by atoms with Gasteiger partial charge in [0.1, 0.15) is 0 Å². The van der Waals surface area contributed by atoms with Crippen LogP contribution in [0.5, 0.6) is 0 Å². The van der Waals surface area contributed by atoms with Crippen LogP contribution < -0.4 is 0 Å². The Morgan fingerprint density at radius 3 is 2.43 bits per heavy atom. The van der Waals surface area contributed by atoms with E-state index in [1.807, 2.05) is 18.2 Å². The Morgan fingerprint density at radius 1 is 1.13 bits per heavy atom. The second kappa shape index (κ2) is 5.38. The van der Waals surface area contributed by atoms with Gasteiger partial charge in [-0.3, -0.25) is 4.79 Å². The minimum atomic E-state index is -0.411. The Kier molecular flexibility index (Phi) is 3.75. The number of hydrogen-bond acceptors (Lipinski definition) is 2. The highest BCUT2D eigenvalue weighted by molar-refractivity contribution is 6.31. The molecule has 0 saturated carbocycles. The van der Waals surface area contributed by atoms with Crippen molar-refractivity contribution in [1.82, 2.24) is 9.80 Å². The minimum Gasteiger partial charge on any atom is -0.316 e. The van der Waals surface area contributed by atoms with Crippen LogP contribution >= 0.6 is 11.6 Å². The number of amides is 2. The summed E-state index contributed by atoms with van der Waals surface area (Å²) in [5, 5.41) is 0.575. The predicted molar refractivity (Wildman–Crippen MR) is 90.2 cm³/mol. The lowest BCUT2D eigenvalue weighted by atomic mass is 9.72. The van der Waals surface area contributed by atoms with Crippen molar-refractivity contribution in [1.29, 1.82) is 0 Å². The van der Waals surface area contributed by atoms with Crippen LogP contribution in [0.15, 0.2) is 35.5 Å². The molecule has 1 aromatic carbocycles. The number of carbonyl (C=O) groups excluding carboxylic acids is 2. The normalized spacial score (nSPS) is 24.1. The van der Waals surface area contributed by atoms with Gasteiger partial charge in [-0.25, -0.2) is 4.79 Å². The van der Waals surface area contributed by atoms with Crippen LogP contribution in [-0.4, -0.2) is 35.7 Å². The number of benzene rings is 1. The van der Waals surface area contributed by atoms with E-state index in [2.05, 4.69) is 13.8 Å². The molecule has 0 bridgehead atoms. The molecule has 0 spiro atoms. The molecule has 23 heavy (non-hydrogen) atoms. The lowest BCUT2D eigenvalue weighted by Crippen LogP contribution is -2.50. The molecule has 0 unspecified atom stereocenters. The van der Waals surface area contributed by atoms with Gasteiger partial charge in [-0.1, -0.05) is 43.6 Å². The summed E-state index contributed by atoms with van der Waals surface area (Å²) < 4.78 is 0. The molecule has 1 aromatic rings. The third-order valence-electron chi connectivity index (χ3n) is 4.75. The first-order valence-corrected chi connectivity index (χ1v) is 8.12. The van der Waals surface area contributed by atoms with E-state index in [0.717, 1.165) is 11.3 Å². The van der Waals surface area contributed by atoms with Gasteiger partial charge < -0.3 is 9.80 Å². The van der Waals surface area contributed by atoms with Crippen molar-refractivity contribution >= 4 is 23.4 Å². The monoisotopic (exact) mass is 332 g/mol. The van der Waals surface area contributed by atoms with Crippen molar-refractivity contribution in [3.05, 3.63) is 46.1 Å². The highest BCUT2D eigenvalue weighted by Crippen LogP contribution is 2.47. The zero-order valence-corrected chi connectivity index (χ0v) is 14.6. The fourth-order valence-electron chi connectivity index (χ4n) is 3.63. The lowest BCUT2D eigenvalue weighted by Gasteiger charge is -2.45. The van der Waals surface area contributed by atoms with E-state index < -0.39 is 6.04 Å². The molecule has 1 aliphatic carbocycles. The summed E-state index contributed by atoms with van der Waals surface area (Å²) in [4.78, 5) is 28.7. The average molecular weight is 333 g/mol.